The summed E-state index contributed by atoms with van der Waals surface area (Å²) in [6.07, 6.45) is 0.743. The molecule has 1 atom stereocenters. The monoisotopic (exact) mass is 562 g/mol. The molecule has 0 saturated carbocycles. The molecule has 1 aromatic heterocycles. The van der Waals surface area contributed by atoms with Crippen molar-refractivity contribution in [1.29, 1.82) is 0 Å². The summed E-state index contributed by atoms with van der Waals surface area (Å²) in [5.74, 6) is -1.32. The number of para-hydroxylation sites is 1. The molecule has 1 aliphatic rings. The molecule has 5 rings (SSSR count). The number of aromatic hydroxyl groups is 1. The smallest absolute Gasteiger partial charge is 0.224 e. The molecule has 0 spiro atoms. The first-order valence-corrected chi connectivity index (χ1v) is 14.4. The number of carbonyl (C=O) groups excluding carboxylic acids is 3. The van der Waals surface area contributed by atoms with E-state index in [4.69, 9.17) is 4.98 Å². The van der Waals surface area contributed by atoms with Crippen LogP contribution < -0.4 is 5.32 Å². The molecule has 0 radical (unpaired) electrons. The zero-order chi connectivity index (χ0) is 30.6. The highest BCUT2D eigenvalue weighted by Gasteiger charge is 2.41. The van der Waals surface area contributed by atoms with Gasteiger partial charge in [-0.2, -0.15) is 0 Å². The maximum absolute atomic E-state index is 13.3. The topological polar surface area (TPSA) is 96.4 Å². The zero-order valence-corrected chi connectivity index (χ0v) is 25.4. The first kappa shape index (κ1) is 29.2. The van der Waals surface area contributed by atoms with Gasteiger partial charge in [-0.1, -0.05) is 90.1 Å². The molecule has 0 aliphatic heterocycles. The van der Waals surface area contributed by atoms with Gasteiger partial charge in [0.05, 0.1) is 16.9 Å². The fourth-order valence-electron chi connectivity index (χ4n) is 5.76. The van der Waals surface area contributed by atoms with Gasteiger partial charge in [-0.05, 0) is 58.6 Å². The van der Waals surface area contributed by atoms with Crippen molar-refractivity contribution >= 4 is 34.1 Å². The predicted molar refractivity (Wildman–Crippen MR) is 167 cm³/mol. The number of phenols is 1. The largest absolute Gasteiger partial charge is 0.507 e. The van der Waals surface area contributed by atoms with Crippen LogP contribution in [0.2, 0.25) is 0 Å². The Balaban J connectivity index is 1.40. The van der Waals surface area contributed by atoms with Gasteiger partial charge in [0.1, 0.15) is 11.7 Å². The fourth-order valence-corrected chi connectivity index (χ4v) is 5.76. The summed E-state index contributed by atoms with van der Waals surface area (Å²) in [5.41, 5.74) is 5.34. The Kier molecular flexibility index (Phi) is 7.30. The molecular formula is C36H38N2O4. The van der Waals surface area contributed by atoms with Crippen molar-refractivity contribution in [3.05, 3.63) is 99.7 Å². The average Bonchev–Trinajstić information content (AvgIpc) is 3.17. The summed E-state index contributed by atoms with van der Waals surface area (Å²) < 4.78 is 0. The second-order valence-corrected chi connectivity index (χ2v) is 13.4. The van der Waals surface area contributed by atoms with Gasteiger partial charge in [-0.15, -0.1) is 0 Å². The van der Waals surface area contributed by atoms with Crippen LogP contribution in [0.5, 0.6) is 5.75 Å². The molecule has 4 aromatic rings. The second-order valence-electron chi connectivity index (χ2n) is 13.4. The van der Waals surface area contributed by atoms with Crippen molar-refractivity contribution in [1.82, 2.24) is 4.98 Å². The van der Waals surface area contributed by atoms with Crippen LogP contribution in [0.15, 0.2) is 60.7 Å². The van der Waals surface area contributed by atoms with E-state index in [0.29, 0.717) is 40.2 Å². The van der Waals surface area contributed by atoms with Crippen LogP contribution in [0.1, 0.15) is 103 Å². The van der Waals surface area contributed by atoms with Gasteiger partial charge in [0, 0.05) is 22.9 Å². The molecule has 216 valence electrons. The van der Waals surface area contributed by atoms with E-state index >= 15 is 0 Å². The van der Waals surface area contributed by atoms with E-state index in [2.05, 4.69) is 46.9 Å². The summed E-state index contributed by atoms with van der Waals surface area (Å²) in [6, 6.07) is 18.4. The van der Waals surface area contributed by atoms with Crippen LogP contribution in [0, 0.1) is 6.92 Å². The minimum Gasteiger partial charge on any atom is -0.507 e. The number of rotatable bonds is 5. The number of aromatic nitrogens is 1. The highest BCUT2D eigenvalue weighted by atomic mass is 16.3. The number of phenolic OH excluding ortho intramolecular Hbond substituents is 1. The second kappa shape index (κ2) is 10.5. The third-order valence-corrected chi connectivity index (χ3v) is 8.05. The van der Waals surface area contributed by atoms with Gasteiger partial charge < -0.3 is 10.4 Å². The molecule has 0 bridgehead atoms. The molecular weight excluding hydrogens is 524 g/mol. The number of ketones is 2. The minimum atomic E-state index is -0.988. The average molecular weight is 563 g/mol. The van der Waals surface area contributed by atoms with Crippen molar-refractivity contribution in [2.24, 2.45) is 0 Å². The number of amides is 1. The van der Waals surface area contributed by atoms with Gasteiger partial charge >= 0.3 is 0 Å². The van der Waals surface area contributed by atoms with Crippen LogP contribution in [0.25, 0.3) is 10.9 Å². The Hall–Kier alpha value is -4.32. The minimum absolute atomic E-state index is 0.173. The zero-order valence-electron chi connectivity index (χ0n) is 25.4. The Morgan fingerprint density at radius 1 is 0.881 bits per heavy atom. The van der Waals surface area contributed by atoms with E-state index in [1.54, 1.807) is 24.3 Å². The highest BCUT2D eigenvalue weighted by molar-refractivity contribution is 6.30. The number of benzene rings is 3. The number of fused-ring (bicyclic) bond motifs is 2. The summed E-state index contributed by atoms with van der Waals surface area (Å²) in [5, 5.41) is 14.8. The lowest BCUT2D eigenvalue weighted by atomic mass is 9.78. The van der Waals surface area contributed by atoms with Crippen molar-refractivity contribution in [3.63, 3.8) is 0 Å². The summed E-state index contributed by atoms with van der Waals surface area (Å²) in [7, 11) is 0. The summed E-state index contributed by atoms with van der Waals surface area (Å²) in [6.45, 7) is 14.2. The fraction of sp³-hybridized carbons (Fsp3) is 0.333. The molecule has 6 heteroatoms. The number of hydrogen-bond acceptors (Lipinski definition) is 5. The SMILES string of the molecule is Cc1cccc2c1C(=O)C(c1ccc3cccc(NC(=O)CCc4cc(C(C)(C)C)c(O)c(C(C)(C)C)c4)c3n1)C2=O. The Morgan fingerprint density at radius 3 is 2.14 bits per heavy atom. The van der Waals surface area contributed by atoms with Crippen LogP contribution in [-0.4, -0.2) is 27.6 Å². The third-order valence-electron chi connectivity index (χ3n) is 8.05. The number of pyridine rings is 1. The van der Waals surface area contributed by atoms with Crippen molar-refractivity contribution in [2.75, 3.05) is 5.32 Å². The van der Waals surface area contributed by atoms with Crippen molar-refractivity contribution in [2.45, 2.75) is 78.1 Å². The number of nitrogens with zero attached hydrogens (tertiary/aromatic N) is 1. The van der Waals surface area contributed by atoms with Gasteiger partial charge in [-0.3, -0.25) is 14.4 Å². The lowest BCUT2D eigenvalue weighted by Crippen LogP contribution is -2.18. The Morgan fingerprint density at radius 2 is 1.52 bits per heavy atom. The van der Waals surface area contributed by atoms with Crippen molar-refractivity contribution in [3.8, 4) is 5.75 Å². The number of aryl methyl sites for hydroxylation is 2. The van der Waals surface area contributed by atoms with E-state index in [1.165, 1.54) is 0 Å². The van der Waals surface area contributed by atoms with Gasteiger partial charge in [-0.25, -0.2) is 4.98 Å². The van der Waals surface area contributed by atoms with Crippen molar-refractivity contribution < 1.29 is 19.5 Å². The number of carbonyl (C=O) groups is 3. The number of anilines is 1. The summed E-state index contributed by atoms with van der Waals surface area (Å²) >= 11 is 0. The van der Waals surface area contributed by atoms with Crippen LogP contribution in [0.3, 0.4) is 0 Å². The van der Waals surface area contributed by atoms with Gasteiger partial charge in [0.25, 0.3) is 0 Å². The predicted octanol–water partition coefficient (Wildman–Crippen LogP) is 7.58. The molecule has 1 unspecified atom stereocenters. The first-order valence-electron chi connectivity index (χ1n) is 14.4. The van der Waals surface area contributed by atoms with Crippen LogP contribution in [-0.2, 0) is 22.0 Å². The molecule has 6 nitrogen and oxygen atoms in total. The van der Waals surface area contributed by atoms with Crippen LogP contribution >= 0.6 is 0 Å². The highest BCUT2D eigenvalue weighted by Crippen LogP contribution is 2.40. The number of Topliss-reactive ketones (excluding diaryl/α,β-unsaturated/α-hetero) is 2. The molecule has 1 amide bonds. The molecule has 0 saturated heterocycles. The van der Waals surface area contributed by atoms with E-state index in [9.17, 15) is 19.5 Å². The maximum atomic E-state index is 13.3. The molecule has 1 aliphatic carbocycles. The maximum Gasteiger partial charge on any atom is 0.224 e. The molecule has 42 heavy (non-hydrogen) atoms. The summed E-state index contributed by atoms with van der Waals surface area (Å²) in [4.78, 5) is 44.5. The molecule has 3 aromatic carbocycles. The Labute approximate surface area is 247 Å². The molecule has 1 heterocycles. The quantitative estimate of drug-likeness (QED) is 0.245. The standard InChI is InChI=1S/C36H38N2O4/c1-20-10-8-12-23-29(20)34(42)30(32(23)40)26-16-15-22-11-9-13-27(31(22)38-26)37-28(39)17-14-21-18-24(35(2,3)4)33(41)25(19-21)36(5,6)7/h8-13,15-16,18-19,30,41H,14,17H2,1-7H3,(H,37,39). The van der Waals surface area contributed by atoms with E-state index < -0.39 is 5.92 Å². The first-order chi connectivity index (χ1) is 19.7. The number of hydrogen-bond donors (Lipinski definition) is 2. The lowest BCUT2D eigenvalue weighted by molar-refractivity contribution is -0.116. The third kappa shape index (κ3) is 5.34. The Bertz CT molecular complexity index is 1720. The molecule has 2 N–H and O–H groups in total. The van der Waals surface area contributed by atoms with E-state index in [1.807, 2.05) is 43.3 Å². The van der Waals surface area contributed by atoms with Gasteiger partial charge in [0.2, 0.25) is 5.91 Å². The molecule has 0 fully saturated rings. The lowest BCUT2D eigenvalue weighted by Gasteiger charge is -2.28. The van der Waals surface area contributed by atoms with Gasteiger partial charge in [0.15, 0.2) is 11.6 Å². The normalized spacial score (nSPS) is 15.3. The van der Waals surface area contributed by atoms with E-state index in [-0.39, 0.29) is 34.7 Å². The van der Waals surface area contributed by atoms with E-state index in [0.717, 1.165) is 27.6 Å². The number of nitrogens with one attached hydrogen (secondary N) is 1. The van der Waals surface area contributed by atoms with Crippen LogP contribution in [0.4, 0.5) is 5.69 Å².